The van der Waals surface area contributed by atoms with E-state index in [1.807, 2.05) is 10.8 Å². The summed E-state index contributed by atoms with van der Waals surface area (Å²) in [5.74, 6) is -0.870. The molecule has 0 aromatic carbocycles. The second-order valence-corrected chi connectivity index (χ2v) is 4.71. The highest BCUT2D eigenvalue weighted by Crippen LogP contribution is 2.32. The maximum Gasteiger partial charge on any atom is 0.326 e. The van der Waals surface area contributed by atoms with Crippen molar-refractivity contribution in [1.82, 2.24) is 20.2 Å². The molecule has 104 valence electrons. The van der Waals surface area contributed by atoms with Gasteiger partial charge in [0.2, 0.25) is 0 Å². The molecule has 7 nitrogen and oxygen atoms in total. The first-order valence-corrected chi connectivity index (χ1v) is 6.39. The fraction of sp³-hybridized carbons (Fsp3) is 0.583. The highest BCUT2D eigenvalue weighted by molar-refractivity contribution is 5.83. The largest absolute Gasteiger partial charge is 0.480 e. The summed E-state index contributed by atoms with van der Waals surface area (Å²) in [6, 6.07) is -1.17. The topological polar surface area (TPSA) is 96.3 Å². The van der Waals surface area contributed by atoms with Crippen LogP contribution < -0.4 is 10.6 Å². The number of aliphatic carboxylic acids is 1. The molecular formula is C12H18N4O3. The fourth-order valence-corrected chi connectivity index (χ4v) is 1.89. The van der Waals surface area contributed by atoms with Crippen LogP contribution in [0.5, 0.6) is 0 Å². The number of urea groups is 1. The standard InChI is InChI=1S/C12H18N4O3/c17-11(18)10(9-2-3-9)15-12(19)14-4-1-6-16-7-5-13-8-16/h5,7-10H,1-4,6H2,(H,17,18)(H2,14,15,19). The van der Waals surface area contributed by atoms with Crippen LogP contribution in [0.1, 0.15) is 19.3 Å². The number of carboxylic acids is 1. The van der Waals surface area contributed by atoms with Crippen molar-refractivity contribution in [3.05, 3.63) is 18.7 Å². The van der Waals surface area contributed by atoms with Crippen LogP contribution in [0.3, 0.4) is 0 Å². The molecule has 0 aliphatic heterocycles. The van der Waals surface area contributed by atoms with E-state index in [4.69, 9.17) is 5.11 Å². The molecular weight excluding hydrogens is 248 g/mol. The summed E-state index contributed by atoms with van der Waals surface area (Å²) in [5, 5.41) is 14.1. The van der Waals surface area contributed by atoms with Crippen molar-refractivity contribution in [2.45, 2.75) is 31.8 Å². The van der Waals surface area contributed by atoms with Gasteiger partial charge in [0.05, 0.1) is 6.33 Å². The van der Waals surface area contributed by atoms with Crippen molar-refractivity contribution in [3.63, 3.8) is 0 Å². The van der Waals surface area contributed by atoms with E-state index in [0.717, 1.165) is 25.8 Å². The third kappa shape index (κ3) is 4.27. The summed E-state index contributed by atoms with van der Waals surface area (Å²) in [6.45, 7) is 1.27. The predicted molar refractivity (Wildman–Crippen MR) is 67.5 cm³/mol. The van der Waals surface area contributed by atoms with Crippen LogP contribution in [0.4, 0.5) is 4.79 Å². The number of amides is 2. The molecule has 0 radical (unpaired) electrons. The van der Waals surface area contributed by atoms with E-state index in [1.165, 1.54) is 0 Å². The van der Waals surface area contributed by atoms with E-state index in [-0.39, 0.29) is 5.92 Å². The Morgan fingerprint density at radius 1 is 1.47 bits per heavy atom. The zero-order valence-corrected chi connectivity index (χ0v) is 10.6. The lowest BCUT2D eigenvalue weighted by Crippen LogP contribution is -2.47. The minimum absolute atomic E-state index is 0.0919. The lowest BCUT2D eigenvalue weighted by atomic mass is 10.2. The van der Waals surface area contributed by atoms with Gasteiger partial charge in [-0.25, -0.2) is 14.6 Å². The van der Waals surface area contributed by atoms with Crippen LogP contribution in [0.25, 0.3) is 0 Å². The van der Waals surface area contributed by atoms with Gasteiger partial charge in [-0.3, -0.25) is 0 Å². The first-order valence-electron chi connectivity index (χ1n) is 6.39. The average molecular weight is 266 g/mol. The van der Waals surface area contributed by atoms with Crippen molar-refractivity contribution in [1.29, 1.82) is 0 Å². The van der Waals surface area contributed by atoms with Gasteiger partial charge >= 0.3 is 12.0 Å². The highest BCUT2D eigenvalue weighted by atomic mass is 16.4. The average Bonchev–Trinajstić information content (AvgIpc) is 3.08. The van der Waals surface area contributed by atoms with E-state index in [9.17, 15) is 9.59 Å². The number of nitrogens with zero attached hydrogens (tertiary/aromatic N) is 2. The normalized spacial score (nSPS) is 15.8. The Morgan fingerprint density at radius 3 is 2.84 bits per heavy atom. The number of aromatic nitrogens is 2. The summed E-state index contributed by atoms with van der Waals surface area (Å²) in [6.07, 6.45) is 7.79. The van der Waals surface area contributed by atoms with Crippen molar-refractivity contribution < 1.29 is 14.7 Å². The number of carbonyl (C=O) groups excluding carboxylic acids is 1. The maximum absolute atomic E-state index is 11.5. The van der Waals surface area contributed by atoms with Gasteiger partial charge in [0.15, 0.2) is 0 Å². The van der Waals surface area contributed by atoms with Crippen molar-refractivity contribution in [2.24, 2.45) is 5.92 Å². The molecule has 1 aromatic rings. The lowest BCUT2D eigenvalue weighted by Gasteiger charge is -2.14. The van der Waals surface area contributed by atoms with E-state index in [1.54, 1.807) is 12.5 Å². The summed E-state index contributed by atoms with van der Waals surface area (Å²) >= 11 is 0. The van der Waals surface area contributed by atoms with E-state index in [0.29, 0.717) is 6.54 Å². The van der Waals surface area contributed by atoms with Gasteiger partial charge in [-0.1, -0.05) is 0 Å². The molecule has 1 aromatic heterocycles. The Bertz CT molecular complexity index is 428. The van der Waals surface area contributed by atoms with E-state index in [2.05, 4.69) is 15.6 Å². The quantitative estimate of drug-likeness (QED) is 0.624. The number of rotatable bonds is 7. The van der Waals surface area contributed by atoms with Crippen molar-refractivity contribution in [2.75, 3.05) is 6.54 Å². The lowest BCUT2D eigenvalue weighted by molar-refractivity contribution is -0.139. The van der Waals surface area contributed by atoms with E-state index >= 15 is 0 Å². The molecule has 1 aliphatic rings. The van der Waals surface area contributed by atoms with Crippen LogP contribution in [-0.4, -0.2) is 39.2 Å². The van der Waals surface area contributed by atoms with Crippen LogP contribution in [0.15, 0.2) is 18.7 Å². The number of carbonyl (C=O) groups is 2. The zero-order valence-electron chi connectivity index (χ0n) is 10.6. The molecule has 0 spiro atoms. The highest BCUT2D eigenvalue weighted by Gasteiger charge is 2.37. The molecule has 1 heterocycles. The smallest absolute Gasteiger partial charge is 0.326 e. The molecule has 19 heavy (non-hydrogen) atoms. The van der Waals surface area contributed by atoms with Gasteiger partial charge in [-0.2, -0.15) is 0 Å². The summed E-state index contributed by atoms with van der Waals surface area (Å²) < 4.78 is 1.92. The van der Waals surface area contributed by atoms with Gasteiger partial charge < -0.3 is 20.3 Å². The van der Waals surface area contributed by atoms with Gasteiger partial charge in [-0.05, 0) is 25.2 Å². The number of carboxylic acid groups (broad SMARTS) is 1. The summed E-state index contributed by atoms with van der Waals surface area (Å²) in [4.78, 5) is 26.4. The number of hydrogen-bond donors (Lipinski definition) is 3. The Kier molecular flexibility index (Phi) is 4.38. The molecule has 7 heteroatoms. The van der Waals surface area contributed by atoms with Crippen LogP contribution in [0, 0.1) is 5.92 Å². The Morgan fingerprint density at radius 2 is 2.26 bits per heavy atom. The molecule has 1 fully saturated rings. The first-order chi connectivity index (χ1) is 9.16. The minimum Gasteiger partial charge on any atom is -0.480 e. The SMILES string of the molecule is O=C(NCCCn1ccnc1)NC(C(=O)O)C1CC1. The second-order valence-electron chi connectivity index (χ2n) is 4.71. The molecule has 3 N–H and O–H groups in total. The summed E-state index contributed by atoms with van der Waals surface area (Å²) in [7, 11) is 0. The van der Waals surface area contributed by atoms with Crippen LogP contribution in [0.2, 0.25) is 0 Å². The number of nitrogens with one attached hydrogen (secondary N) is 2. The molecule has 0 bridgehead atoms. The van der Waals surface area contributed by atoms with Gasteiger partial charge in [0.1, 0.15) is 6.04 Å². The van der Waals surface area contributed by atoms with E-state index < -0.39 is 18.0 Å². The third-order valence-electron chi connectivity index (χ3n) is 3.08. The van der Waals surface area contributed by atoms with Crippen molar-refractivity contribution in [3.8, 4) is 0 Å². The second kappa shape index (κ2) is 6.21. The third-order valence-corrected chi connectivity index (χ3v) is 3.08. The Labute approximate surface area is 111 Å². The molecule has 2 amide bonds. The monoisotopic (exact) mass is 266 g/mol. The maximum atomic E-state index is 11.5. The molecule has 1 aliphatic carbocycles. The van der Waals surface area contributed by atoms with Crippen molar-refractivity contribution >= 4 is 12.0 Å². The van der Waals surface area contributed by atoms with Crippen LogP contribution >= 0.6 is 0 Å². The molecule has 1 atom stereocenters. The fourth-order valence-electron chi connectivity index (χ4n) is 1.89. The first kappa shape index (κ1) is 13.4. The van der Waals surface area contributed by atoms with Gasteiger partial charge in [-0.15, -0.1) is 0 Å². The zero-order chi connectivity index (χ0) is 13.7. The number of hydrogen-bond acceptors (Lipinski definition) is 3. The molecule has 2 rings (SSSR count). The van der Waals surface area contributed by atoms with Gasteiger partial charge in [0.25, 0.3) is 0 Å². The molecule has 0 saturated heterocycles. The Balaban J connectivity index is 1.62. The molecule has 1 saturated carbocycles. The predicted octanol–water partition coefficient (Wildman–Crippen LogP) is 0.436. The minimum atomic E-state index is -0.962. The Hall–Kier alpha value is -2.05. The number of aryl methyl sites for hydroxylation is 1. The van der Waals surface area contributed by atoms with Crippen LogP contribution in [-0.2, 0) is 11.3 Å². The molecule has 1 unspecified atom stereocenters. The van der Waals surface area contributed by atoms with Gasteiger partial charge in [0, 0.05) is 25.5 Å². The summed E-state index contributed by atoms with van der Waals surface area (Å²) in [5.41, 5.74) is 0. The number of imidazole rings is 1.